The lowest BCUT2D eigenvalue weighted by Crippen LogP contribution is -2.19. The number of hydrogen-bond acceptors (Lipinski definition) is 2. The molecule has 0 aromatic carbocycles. The maximum absolute atomic E-state index is 4.92. The highest BCUT2D eigenvalue weighted by atomic mass is 15.2. The van der Waals surface area contributed by atoms with Gasteiger partial charge in [0.05, 0.1) is 0 Å². The van der Waals surface area contributed by atoms with Crippen LogP contribution in [-0.2, 0) is 0 Å². The summed E-state index contributed by atoms with van der Waals surface area (Å²) in [6.45, 7) is 1.85. The van der Waals surface area contributed by atoms with E-state index in [0.29, 0.717) is 0 Å². The number of nitrogens with two attached hydrogens (primary N) is 1. The fourth-order valence-electron chi connectivity index (χ4n) is 0.115. The molecule has 0 amide bonds. The number of hydrazone groups is 1. The lowest BCUT2D eigenvalue weighted by Gasteiger charge is -2.07. The van der Waals surface area contributed by atoms with Crippen LogP contribution in [0.4, 0.5) is 0 Å². The molecule has 0 spiro atoms. The average molecular weight is 101 g/mol. The predicted octanol–water partition coefficient (Wildman–Crippen LogP) is -0.160. The second-order valence-corrected chi connectivity index (χ2v) is 1.57. The quantitative estimate of drug-likeness (QED) is 0.199. The zero-order chi connectivity index (χ0) is 5.86. The van der Waals surface area contributed by atoms with Gasteiger partial charge in [-0.05, 0) is 6.92 Å². The van der Waals surface area contributed by atoms with Gasteiger partial charge in [0, 0.05) is 14.1 Å². The molecular weight excluding hydrogens is 90.1 g/mol. The standard InChI is InChI=1S/C4H11N3/c1-4(6-5)7(2)3/h5H2,1-3H3. The molecule has 0 radical (unpaired) electrons. The second kappa shape index (κ2) is 2.44. The minimum atomic E-state index is 0.833. The van der Waals surface area contributed by atoms with Gasteiger partial charge in [-0.2, -0.15) is 5.10 Å². The maximum atomic E-state index is 4.92. The van der Waals surface area contributed by atoms with Crippen LogP contribution in [0.5, 0.6) is 0 Å². The first-order chi connectivity index (χ1) is 3.18. The molecule has 0 rings (SSSR count). The third kappa shape index (κ3) is 2.03. The largest absolute Gasteiger partial charge is 0.365 e. The Labute approximate surface area is 43.8 Å². The summed E-state index contributed by atoms with van der Waals surface area (Å²) in [6.07, 6.45) is 0. The summed E-state index contributed by atoms with van der Waals surface area (Å²) in [5.41, 5.74) is 0. The van der Waals surface area contributed by atoms with Gasteiger partial charge < -0.3 is 10.7 Å². The van der Waals surface area contributed by atoms with Crippen molar-refractivity contribution in [3.63, 3.8) is 0 Å². The van der Waals surface area contributed by atoms with Gasteiger partial charge >= 0.3 is 0 Å². The van der Waals surface area contributed by atoms with Crippen LogP contribution in [-0.4, -0.2) is 24.8 Å². The Kier molecular flexibility index (Phi) is 2.19. The SMILES string of the molecule is CC(=NN)N(C)C. The molecule has 3 nitrogen and oxygen atoms in total. The van der Waals surface area contributed by atoms with E-state index < -0.39 is 0 Å². The minimum absolute atomic E-state index is 0.833. The highest BCUT2D eigenvalue weighted by Gasteiger charge is 1.86. The number of nitrogens with zero attached hydrogens (tertiary/aromatic N) is 2. The van der Waals surface area contributed by atoms with E-state index in [4.69, 9.17) is 5.84 Å². The van der Waals surface area contributed by atoms with Gasteiger partial charge in [0.15, 0.2) is 0 Å². The normalized spacial score (nSPS) is 11.6. The van der Waals surface area contributed by atoms with Gasteiger partial charge in [0.2, 0.25) is 0 Å². The van der Waals surface area contributed by atoms with Crippen LogP contribution >= 0.6 is 0 Å². The molecule has 0 aliphatic rings. The van der Waals surface area contributed by atoms with Crippen molar-refractivity contribution in [2.24, 2.45) is 10.9 Å². The van der Waals surface area contributed by atoms with Gasteiger partial charge in [-0.15, -0.1) is 0 Å². The summed E-state index contributed by atoms with van der Waals surface area (Å²) < 4.78 is 0. The van der Waals surface area contributed by atoms with E-state index >= 15 is 0 Å². The molecule has 0 aliphatic heterocycles. The van der Waals surface area contributed by atoms with Crippen molar-refractivity contribution in [3.05, 3.63) is 0 Å². The molecule has 0 unspecified atom stereocenters. The molecular formula is C4H11N3. The van der Waals surface area contributed by atoms with E-state index in [1.54, 1.807) is 0 Å². The van der Waals surface area contributed by atoms with Crippen LogP contribution < -0.4 is 5.84 Å². The van der Waals surface area contributed by atoms with E-state index in [1.807, 2.05) is 25.9 Å². The topological polar surface area (TPSA) is 41.6 Å². The van der Waals surface area contributed by atoms with Gasteiger partial charge in [-0.25, -0.2) is 0 Å². The van der Waals surface area contributed by atoms with Crippen molar-refractivity contribution >= 4 is 5.84 Å². The van der Waals surface area contributed by atoms with Crippen LogP contribution in [0.25, 0.3) is 0 Å². The first-order valence-corrected chi connectivity index (χ1v) is 2.10. The fourth-order valence-corrected chi connectivity index (χ4v) is 0.115. The summed E-state index contributed by atoms with van der Waals surface area (Å²) >= 11 is 0. The highest BCUT2D eigenvalue weighted by Crippen LogP contribution is 1.74. The van der Waals surface area contributed by atoms with Crippen LogP contribution in [0.3, 0.4) is 0 Å². The molecule has 0 heterocycles. The predicted molar refractivity (Wildman–Crippen MR) is 31.0 cm³/mol. The summed E-state index contributed by atoms with van der Waals surface area (Å²) in [6, 6.07) is 0. The van der Waals surface area contributed by atoms with E-state index in [1.165, 1.54) is 0 Å². The number of hydrogen-bond donors (Lipinski definition) is 1. The van der Waals surface area contributed by atoms with E-state index in [-0.39, 0.29) is 0 Å². The van der Waals surface area contributed by atoms with Gasteiger partial charge in [0.25, 0.3) is 0 Å². The summed E-state index contributed by atoms with van der Waals surface area (Å²) in [5, 5.41) is 3.43. The van der Waals surface area contributed by atoms with Crippen molar-refractivity contribution in [1.82, 2.24) is 4.90 Å². The van der Waals surface area contributed by atoms with E-state index in [9.17, 15) is 0 Å². The Balaban J connectivity index is 3.56. The monoisotopic (exact) mass is 101 g/mol. The minimum Gasteiger partial charge on any atom is -0.365 e. The van der Waals surface area contributed by atoms with Gasteiger partial charge in [0.1, 0.15) is 5.84 Å². The lowest BCUT2D eigenvalue weighted by molar-refractivity contribution is 0.615. The zero-order valence-electron chi connectivity index (χ0n) is 4.97. The first kappa shape index (κ1) is 6.27. The molecule has 3 heteroatoms. The molecule has 2 N–H and O–H groups in total. The Hall–Kier alpha value is -0.730. The molecule has 0 atom stereocenters. The van der Waals surface area contributed by atoms with Gasteiger partial charge in [-0.1, -0.05) is 0 Å². The van der Waals surface area contributed by atoms with Crippen molar-refractivity contribution in [1.29, 1.82) is 0 Å². The third-order valence-electron chi connectivity index (χ3n) is 0.834. The fraction of sp³-hybridized carbons (Fsp3) is 0.750. The highest BCUT2D eigenvalue weighted by molar-refractivity contribution is 5.78. The summed E-state index contributed by atoms with van der Waals surface area (Å²) in [5.74, 6) is 5.75. The summed E-state index contributed by atoms with van der Waals surface area (Å²) in [7, 11) is 3.79. The van der Waals surface area contributed by atoms with Crippen LogP contribution in [0.15, 0.2) is 5.10 Å². The average Bonchev–Trinajstić information content (AvgIpc) is 1.65. The Bertz CT molecular complexity index is 75.0. The Morgan fingerprint density at radius 2 is 2.00 bits per heavy atom. The lowest BCUT2D eigenvalue weighted by atomic mass is 10.6. The van der Waals surface area contributed by atoms with Crippen molar-refractivity contribution in [2.75, 3.05) is 14.1 Å². The van der Waals surface area contributed by atoms with E-state index in [2.05, 4.69) is 5.10 Å². The van der Waals surface area contributed by atoms with Crippen molar-refractivity contribution < 1.29 is 0 Å². The van der Waals surface area contributed by atoms with Crippen LogP contribution in [0.1, 0.15) is 6.92 Å². The van der Waals surface area contributed by atoms with E-state index in [0.717, 1.165) is 5.84 Å². The number of amidine groups is 1. The van der Waals surface area contributed by atoms with Crippen LogP contribution in [0.2, 0.25) is 0 Å². The summed E-state index contributed by atoms with van der Waals surface area (Å²) in [4.78, 5) is 1.85. The molecule has 0 aromatic heterocycles. The van der Waals surface area contributed by atoms with Crippen molar-refractivity contribution in [2.45, 2.75) is 6.92 Å². The molecule has 0 fully saturated rings. The Morgan fingerprint density at radius 1 is 1.57 bits per heavy atom. The molecule has 0 bridgehead atoms. The molecule has 0 aliphatic carbocycles. The molecule has 0 aromatic rings. The molecule has 42 valence electrons. The molecule has 0 saturated carbocycles. The van der Waals surface area contributed by atoms with Crippen LogP contribution in [0, 0.1) is 0 Å². The smallest absolute Gasteiger partial charge is 0.120 e. The Morgan fingerprint density at radius 3 is 2.00 bits per heavy atom. The molecule has 7 heavy (non-hydrogen) atoms. The maximum Gasteiger partial charge on any atom is 0.120 e. The zero-order valence-corrected chi connectivity index (χ0v) is 4.97. The number of rotatable bonds is 0. The second-order valence-electron chi connectivity index (χ2n) is 1.57. The van der Waals surface area contributed by atoms with Gasteiger partial charge in [-0.3, -0.25) is 0 Å². The molecule has 0 saturated heterocycles. The third-order valence-corrected chi connectivity index (χ3v) is 0.834. The first-order valence-electron chi connectivity index (χ1n) is 2.10. The van der Waals surface area contributed by atoms with Crippen molar-refractivity contribution in [3.8, 4) is 0 Å².